The number of rotatable bonds is 5. The summed E-state index contributed by atoms with van der Waals surface area (Å²) in [5, 5.41) is 8.75. The smallest absolute Gasteiger partial charge is 0.305 e. The first-order valence-corrected chi connectivity index (χ1v) is 7.32. The summed E-state index contributed by atoms with van der Waals surface area (Å²) < 4.78 is 26.0. The molecule has 0 aliphatic carbocycles. The summed E-state index contributed by atoms with van der Waals surface area (Å²) in [7, 11) is -3.76. The fourth-order valence-corrected chi connectivity index (χ4v) is 3.32. The van der Waals surface area contributed by atoms with Gasteiger partial charge in [0.05, 0.1) is 23.1 Å². The fourth-order valence-electron chi connectivity index (χ4n) is 1.88. The number of aromatic nitrogens is 1. The van der Waals surface area contributed by atoms with Crippen molar-refractivity contribution in [1.82, 2.24) is 3.97 Å². The molecule has 2 rings (SSSR count). The second kappa shape index (κ2) is 5.48. The van der Waals surface area contributed by atoms with Gasteiger partial charge in [0.25, 0.3) is 10.0 Å². The van der Waals surface area contributed by atoms with Crippen LogP contribution >= 0.6 is 0 Å². The molecule has 106 valence electrons. The number of hydrogen-bond acceptors (Lipinski definition) is 4. The maximum atomic E-state index is 12.5. The predicted molar refractivity (Wildman–Crippen MR) is 72.6 cm³/mol. The van der Waals surface area contributed by atoms with Crippen LogP contribution < -0.4 is 5.73 Å². The molecular weight excluding hydrogens is 280 g/mol. The maximum absolute atomic E-state index is 12.5. The Morgan fingerprint density at radius 3 is 2.45 bits per heavy atom. The van der Waals surface area contributed by atoms with Crippen molar-refractivity contribution in [3.05, 3.63) is 54.4 Å². The van der Waals surface area contributed by atoms with E-state index in [9.17, 15) is 13.2 Å². The molecule has 0 amide bonds. The lowest BCUT2D eigenvalue weighted by molar-refractivity contribution is -0.137. The van der Waals surface area contributed by atoms with Crippen LogP contribution in [0.4, 0.5) is 0 Å². The van der Waals surface area contributed by atoms with Gasteiger partial charge < -0.3 is 10.8 Å². The average Bonchev–Trinajstić information content (AvgIpc) is 2.89. The van der Waals surface area contributed by atoms with Crippen LogP contribution in [-0.2, 0) is 14.8 Å². The van der Waals surface area contributed by atoms with Gasteiger partial charge in [0.15, 0.2) is 0 Å². The Morgan fingerprint density at radius 2 is 1.85 bits per heavy atom. The largest absolute Gasteiger partial charge is 0.481 e. The monoisotopic (exact) mass is 294 g/mol. The van der Waals surface area contributed by atoms with Crippen molar-refractivity contribution >= 4 is 16.0 Å². The van der Waals surface area contributed by atoms with Gasteiger partial charge in [-0.1, -0.05) is 18.2 Å². The first-order chi connectivity index (χ1) is 9.43. The van der Waals surface area contributed by atoms with Gasteiger partial charge in [-0.2, -0.15) is 0 Å². The number of aliphatic carboxylic acids is 1. The van der Waals surface area contributed by atoms with E-state index in [4.69, 9.17) is 10.8 Å². The zero-order valence-corrected chi connectivity index (χ0v) is 11.3. The average molecular weight is 294 g/mol. The highest BCUT2D eigenvalue weighted by Gasteiger charge is 2.22. The third kappa shape index (κ3) is 2.73. The molecule has 0 spiro atoms. The lowest BCUT2D eigenvalue weighted by atomic mass is 10.1. The van der Waals surface area contributed by atoms with Gasteiger partial charge in [-0.25, -0.2) is 12.4 Å². The van der Waals surface area contributed by atoms with Crippen LogP contribution in [0.5, 0.6) is 0 Å². The van der Waals surface area contributed by atoms with Crippen molar-refractivity contribution in [2.75, 3.05) is 0 Å². The van der Waals surface area contributed by atoms with Crippen molar-refractivity contribution < 1.29 is 18.3 Å². The van der Waals surface area contributed by atoms with E-state index in [-0.39, 0.29) is 17.0 Å². The molecule has 0 aliphatic heterocycles. The molecule has 20 heavy (non-hydrogen) atoms. The molecule has 6 nitrogen and oxygen atoms in total. The third-order valence-corrected chi connectivity index (χ3v) is 4.54. The van der Waals surface area contributed by atoms with Gasteiger partial charge in [0.2, 0.25) is 0 Å². The van der Waals surface area contributed by atoms with Crippen LogP contribution in [0, 0.1) is 0 Å². The predicted octanol–water partition coefficient (Wildman–Crippen LogP) is 1.20. The van der Waals surface area contributed by atoms with E-state index in [1.54, 1.807) is 18.2 Å². The van der Waals surface area contributed by atoms with Gasteiger partial charge in [-0.15, -0.1) is 0 Å². The number of nitrogens with zero attached hydrogens (tertiary/aromatic N) is 1. The van der Waals surface area contributed by atoms with Gasteiger partial charge in [-0.05, 0) is 24.3 Å². The van der Waals surface area contributed by atoms with Crippen LogP contribution in [0.15, 0.2) is 53.6 Å². The summed E-state index contributed by atoms with van der Waals surface area (Å²) in [6, 6.07) is 10.0. The standard InChI is InChI=1S/C13H14N2O4S/c14-11(9-13(16)17)12-7-4-8-15(12)20(18,19)10-5-2-1-3-6-10/h1-8,11H,9,14H2,(H,16,17). The molecule has 0 aliphatic rings. The fraction of sp³-hybridized carbons (Fsp3) is 0.154. The number of carbonyl (C=O) groups is 1. The van der Waals surface area contributed by atoms with Crippen LogP contribution in [0.25, 0.3) is 0 Å². The second-order valence-electron chi connectivity index (χ2n) is 4.25. The van der Waals surface area contributed by atoms with E-state index in [0.717, 1.165) is 3.97 Å². The highest BCUT2D eigenvalue weighted by molar-refractivity contribution is 7.90. The summed E-state index contributed by atoms with van der Waals surface area (Å²) in [6.07, 6.45) is 1.02. The summed E-state index contributed by atoms with van der Waals surface area (Å²) in [6.45, 7) is 0. The lowest BCUT2D eigenvalue weighted by Gasteiger charge is -2.14. The van der Waals surface area contributed by atoms with E-state index in [1.807, 2.05) is 0 Å². The van der Waals surface area contributed by atoms with E-state index >= 15 is 0 Å². The van der Waals surface area contributed by atoms with Crippen molar-refractivity contribution in [3.63, 3.8) is 0 Å². The van der Waals surface area contributed by atoms with E-state index in [1.165, 1.54) is 30.5 Å². The maximum Gasteiger partial charge on any atom is 0.305 e. The number of carboxylic acid groups (broad SMARTS) is 1. The summed E-state index contributed by atoms with van der Waals surface area (Å²) in [5.41, 5.74) is 6.00. The molecule has 1 unspecified atom stereocenters. The molecule has 0 fully saturated rings. The number of carboxylic acids is 1. The summed E-state index contributed by atoms with van der Waals surface area (Å²) in [4.78, 5) is 10.8. The molecule has 0 saturated heterocycles. The molecule has 3 N–H and O–H groups in total. The molecule has 1 atom stereocenters. The van der Waals surface area contributed by atoms with Gasteiger partial charge in [0, 0.05) is 6.20 Å². The van der Waals surface area contributed by atoms with Gasteiger partial charge >= 0.3 is 5.97 Å². The third-order valence-electron chi connectivity index (χ3n) is 2.82. The van der Waals surface area contributed by atoms with Crippen LogP contribution in [0.1, 0.15) is 18.2 Å². The Hall–Kier alpha value is -2.12. The molecule has 0 bridgehead atoms. The zero-order valence-electron chi connectivity index (χ0n) is 10.5. The van der Waals surface area contributed by atoms with Crippen LogP contribution in [0.3, 0.4) is 0 Å². The minimum Gasteiger partial charge on any atom is -0.481 e. The van der Waals surface area contributed by atoms with Crippen LogP contribution in [0.2, 0.25) is 0 Å². The topological polar surface area (TPSA) is 102 Å². The molecule has 1 aromatic heterocycles. The SMILES string of the molecule is NC(CC(=O)O)c1cccn1S(=O)(=O)c1ccccc1. The van der Waals surface area contributed by atoms with E-state index in [2.05, 4.69) is 0 Å². The molecule has 1 aromatic carbocycles. The van der Waals surface area contributed by atoms with E-state index < -0.39 is 22.0 Å². The Kier molecular flexibility index (Phi) is 3.91. The van der Waals surface area contributed by atoms with Crippen molar-refractivity contribution in [3.8, 4) is 0 Å². The molecule has 2 aromatic rings. The Labute approximate surface area is 116 Å². The summed E-state index contributed by atoms with van der Waals surface area (Å²) in [5.74, 6) is -1.08. The van der Waals surface area contributed by atoms with Crippen molar-refractivity contribution in [1.29, 1.82) is 0 Å². The number of nitrogens with two attached hydrogens (primary N) is 1. The van der Waals surface area contributed by atoms with Gasteiger partial charge in [-0.3, -0.25) is 4.79 Å². The molecule has 0 radical (unpaired) electrons. The molecule has 0 saturated carbocycles. The zero-order chi connectivity index (χ0) is 14.8. The van der Waals surface area contributed by atoms with Crippen molar-refractivity contribution in [2.24, 2.45) is 5.73 Å². The Bertz CT molecular complexity index is 707. The molecular formula is C13H14N2O4S. The quantitative estimate of drug-likeness (QED) is 0.862. The van der Waals surface area contributed by atoms with E-state index in [0.29, 0.717) is 0 Å². The second-order valence-corrected chi connectivity index (χ2v) is 6.07. The minimum absolute atomic E-state index is 0.125. The van der Waals surface area contributed by atoms with Gasteiger partial charge in [0.1, 0.15) is 0 Å². The lowest BCUT2D eigenvalue weighted by Crippen LogP contribution is -2.22. The Balaban J connectivity index is 2.45. The van der Waals surface area contributed by atoms with Crippen LogP contribution in [-0.4, -0.2) is 23.5 Å². The van der Waals surface area contributed by atoms with Crippen molar-refractivity contribution in [2.45, 2.75) is 17.4 Å². The first-order valence-electron chi connectivity index (χ1n) is 5.88. The summed E-state index contributed by atoms with van der Waals surface area (Å²) >= 11 is 0. The minimum atomic E-state index is -3.76. The molecule has 1 heterocycles. The molecule has 7 heteroatoms. The normalized spacial score (nSPS) is 13.1. The first kappa shape index (κ1) is 14.3. The number of hydrogen-bond donors (Lipinski definition) is 2. The highest BCUT2D eigenvalue weighted by atomic mass is 32.2. The highest BCUT2D eigenvalue weighted by Crippen LogP contribution is 2.21. The Morgan fingerprint density at radius 1 is 1.20 bits per heavy atom. The number of benzene rings is 1.